The van der Waals surface area contributed by atoms with E-state index >= 15 is 0 Å². The van der Waals surface area contributed by atoms with Crippen molar-refractivity contribution < 1.29 is 9.84 Å². The van der Waals surface area contributed by atoms with Gasteiger partial charge in [-0.1, -0.05) is 24.3 Å². The first-order chi connectivity index (χ1) is 7.34. The Morgan fingerprint density at radius 2 is 2.00 bits per heavy atom. The van der Waals surface area contributed by atoms with Gasteiger partial charge in [0.1, 0.15) is 6.10 Å². The van der Waals surface area contributed by atoms with Crippen LogP contribution >= 0.6 is 0 Å². The lowest BCUT2D eigenvalue weighted by atomic mass is 9.96. The Hall–Kier alpha value is -0.860. The molecule has 80 valence electrons. The van der Waals surface area contributed by atoms with E-state index in [1.54, 1.807) is 0 Å². The van der Waals surface area contributed by atoms with Crippen molar-refractivity contribution >= 4 is 0 Å². The van der Waals surface area contributed by atoms with Crippen LogP contribution in [0.2, 0.25) is 0 Å². The molecule has 0 bridgehead atoms. The average Bonchev–Trinajstić information content (AvgIpc) is 2.51. The summed E-state index contributed by atoms with van der Waals surface area (Å²) in [7, 11) is 0. The zero-order chi connectivity index (χ0) is 10.3. The molecule has 2 aliphatic carbocycles. The lowest BCUT2D eigenvalue weighted by molar-refractivity contribution is -0.0951. The molecule has 0 amide bonds. The normalized spacial score (nSPS) is 29.9. The van der Waals surface area contributed by atoms with Gasteiger partial charge in [0.15, 0.2) is 0 Å². The van der Waals surface area contributed by atoms with E-state index < -0.39 is 6.10 Å². The first-order valence-corrected chi connectivity index (χ1v) is 5.76. The molecular formula is C13H16O2. The molecule has 1 fully saturated rings. The van der Waals surface area contributed by atoms with Crippen LogP contribution in [0.25, 0.3) is 0 Å². The van der Waals surface area contributed by atoms with E-state index in [1.165, 1.54) is 24.8 Å². The van der Waals surface area contributed by atoms with Gasteiger partial charge in [0, 0.05) is 6.42 Å². The SMILES string of the molecule is OC1c2ccccc2CC1OC1CCC1. The van der Waals surface area contributed by atoms with E-state index in [-0.39, 0.29) is 6.10 Å². The summed E-state index contributed by atoms with van der Waals surface area (Å²) in [6.45, 7) is 0. The summed E-state index contributed by atoms with van der Waals surface area (Å²) in [5.74, 6) is 0. The van der Waals surface area contributed by atoms with Gasteiger partial charge in [0.2, 0.25) is 0 Å². The molecule has 2 unspecified atom stereocenters. The average molecular weight is 204 g/mol. The van der Waals surface area contributed by atoms with Crippen LogP contribution in [0.3, 0.4) is 0 Å². The number of fused-ring (bicyclic) bond motifs is 1. The largest absolute Gasteiger partial charge is 0.386 e. The molecule has 2 atom stereocenters. The maximum absolute atomic E-state index is 10.1. The minimum absolute atomic E-state index is 0.00676. The fourth-order valence-electron chi connectivity index (χ4n) is 2.41. The van der Waals surface area contributed by atoms with Gasteiger partial charge in [-0.3, -0.25) is 0 Å². The first-order valence-electron chi connectivity index (χ1n) is 5.76. The van der Waals surface area contributed by atoms with Crippen molar-refractivity contribution in [1.29, 1.82) is 0 Å². The summed E-state index contributed by atoms with van der Waals surface area (Å²) in [4.78, 5) is 0. The summed E-state index contributed by atoms with van der Waals surface area (Å²) >= 11 is 0. The van der Waals surface area contributed by atoms with Crippen molar-refractivity contribution in [2.75, 3.05) is 0 Å². The van der Waals surface area contributed by atoms with Crippen molar-refractivity contribution in [3.8, 4) is 0 Å². The summed E-state index contributed by atoms with van der Waals surface area (Å²) < 4.78 is 5.89. The fourth-order valence-corrected chi connectivity index (χ4v) is 2.41. The number of ether oxygens (including phenoxy) is 1. The number of hydrogen-bond donors (Lipinski definition) is 1. The van der Waals surface area contributed by atoms with Crippen molar-refractivity contribution in [2.24, 2.45) is 0 Å². The Morgan fingerprint density at radius 3 is 2.67 bits per heavy atom. The maximum atomic E-state index is 10.1. The van der Waals surface area contributed by atoms with Crippen LogP contribution in [0.15, 0.2) is 24.3 Å². The molecule has 15 heavy (non-hydrogen) atoms. The number of benzene rings is 1. The molecule has 1 saturated carbocycles. The molecule has 0 spiro atoms. The van der Waals surface area contributed by atoms with Crippen molar-refractivity contribution in [3.05, 3.63) is 35.4 Å². The molecule has 0 saturated heterocycles. The predicted molar refractivity (Wildman–Crippen MR) is 57.6 cm³/mol. The van der Waals surface area contributed by atoms with E-state index in [9.17, 15) is 5.11 Å². The second kappa shape index (κ2) is 3.62. The molecule has 2 heteroatoms. The monoisotopic (exact) mass is 204 g/mol. The van der Waals surface area contributed by atoms with Crippen LogP contribution in [-0.2, 0) is 11.2 Å². The third-order valence-electron chi connectivity index (χ3n) is 3.57. The van der Waals surface area contributed by atoms with Gasteiger partial charge in [-0.25, -0.2) is 0 Å². The number of hydrogen-bond acceptors (Lipinski definition) is 2. The van der Waals surface area contributed by atoms with Crippen LogP contribution in [-0.4, -0.2) is 17.3 Å². The van der Waals surface area contributed by atoms with E-state index in [4.69, 9.17) is 4.74 Å². The zero-order valence-electron chi connectivity index (χ0n) is 8.73. The van der Waals surface area contributed by atoms with Crippen molar-refractivity contribution in [1.82, 2.24) is 0 Å². The molecule has 0 aromatic heterocycles. The van der Waals surface area contributed by atoms with Gasteiger partial charge < -0.3 is 9.84 Å². The van der Waals surface area contributed by atoms with E-state index in [0.29, 0.717) is 6.10 Å². The second-order valence-electron chi connectivity index (χ2n) is 4.58. The van der Waals surface area contributed by atoms with Crippen LogP contribution < -0.4 is 0 Å². The standard InChI is InChI=1S/C13H16O2/c14-13-11-7-2-1-4-9(11)8-12(13)15-10-5-3-6-10/h1-2,4,7,10,12-14H,3,5-6,8H2. The predicted octanol–water partition coefficient (Wildman–Crippen LogP) is 2.21. The highest BCUT2D eigenvalue weighted by Gasteiger charge is 2.34. The fraction of sp³-hybridized carbons (Fsp3) is 0.538. The van der Waals surface area contributed by atoms with Gasteiger partial charge in [-0.2, -0.15) is 0 Å². The Kier molecular flexibility index (Phi) is 2.26. The third kappa shape index (κ3) is 1.58. The topological polar surface area (TPSA) is 29.5 Å². The summed E-state index contributed by atoms with van der Waals surface area (Å²) in [6, 6.07) is 8.10. The smallest absolute Gasteiger partial charge is 0.106 e. The quantitative estimate of drug-likeness (QED) is 0.800. The van der Waals surface area contributed by atoms with Gasteiger partial charge in [0.25, 0.3) is 0 Å². The molecule has 1 N–H and O–H groups in total. The van der Waals surface area contributed by atoms with Crippen molar-refractivity contribution in [2.45, 2.75) is 44.0 Å². The van der Waals surface area contributed by atoms with Gasteiger partial charge in [-0.15, -0.1) is 0 Å². The van der Waals surface area contributed by atoms with Gasteiger partial charge in [-0.05, 0) is 30.4 Å². The molecule has 0 radical (unpaired) electrons. The molecule has 2 nitrogen and oxygen atoms in total. The highest BCUT2D eigenvalue weighted by atomic mass is 16.5. The van der Waals surface area contributed by atoms with Crippen LogP contribution in [0.4, 0.5) is 0 Å². The Bertz CT molecular complexity index is 357. The Labute approximate surface area is 89.9 Å². The number of rotatable bonds is 2. The van der Waals surface area contributed by atoms with Crippen molar-refractivity contribution in [3.63, 3.8) is 0 Å². The van der Waals surface area contributed by atoms with Crippen LogP contribution in [0, 0.1) is 0 Å². The van der Waals surface area contributed by atoms with Crippen LogP contribution in [0.1, 0.15) is 36.5 Å². The highest BCUT2D eigenvalue weighted by Crippen LogP contribution is 2.36. The van der Waals surface area contributed by atoms with Gasteiger partial charge in [0.05, 0.1) is 12.2 Å². The van der Waals surface area contributed by atoms with E-state index in [0.717, 1.165) is 12.0 Å². The Balaban J connectivity index is 1.74. The molecule has 0 heterocycles. The summed E-state index contributed by atoms with van der Waals surface area (Å²) in [5, 5.41) is 10.1. The lowest BCUT2D eigenvalue weighted by Gasteiger charge is -2.30. The highest BCUT2D eigenvalue weighted by molar-refractivity contribution is 5.35. The second-order valence-corrected chi connectivity index (χ2v) is 4.58. The summed E-state index contributed by atoms with van der Waals surface area (Å²) in [5.41, 5.74) is 2.30. The first kappa shape index (κ1) is 9.37. The lowest BCUT2D eigenvalue weighted by Crippen LogP contribution is -2.30. The minimum atomic E-state index is -0.415. The van der Waals surface area contributed by atoms with E-state index in [1.807, 2.05) is 18.2 Å². The molecule has 3 rings (SSSR count). The summed E-state index contributed by atoms with van der Waals surface area (Å²) in [6.07, 6.45) is 4.46. The zero-order valence-corrected chi connectivity index (χ0v) is 8.73. The molecular weight excluding hydrogens is 188 g/mol. The molecule has 1 aromatic rings. The Morgan fingerprint density at radius 1 is 1.20 bits per heavy atom. The molecule has 1 aromatic carbocycles. The third-order valence-corrected chi connectivity index (χ3v) is 3.57. The minimum Gasteiger partial charge on any atom is -0.386 e. The van der Waals surface area contributed by atoms with Crippen LogP contribution in [0.5, 0.6) is 0 Å². The molecule has 2 aliphatic rings. The van der Waals surface area contributed by atoms with E-state index in [2.05, 4.69) is 6.07 Å². The maximum Gasteiger partial charge on any atom is 0.106 e. The van der Waals surface area contributed by atoms with Gasteiger partial charge >= 0.3 is 0 Å². The number of aliphatic hydroxyl groups is 1. The molecule has 0 aliphatic heterocycles. The number of aliphatic hydroxyl groups excluding tert-OH is 1.